The van der Waals surface area contributed by atoms with Crippen LogP contribution in [0.1, 0.15) is 0 Å². The molecule has 0 unspecified atom stereocenters. The van der Waals surface area contributed by atoms with Crippen LogP contribution in [-0.4, -0.2) is 7.11 Å². The van der Waals surface area contributed by atoms with Gasteiger partial charge in [-0.15, -0.1) is 0 Å². The van der Waals surface area contributed by atoms with Gasteiger partial charge in [0.05, 0.1) is 18.2 Å². The van der Waals surface area contributed by atoms with Crippen LogP contribution in [-0.2, 0) is 4.18 Å². The van der Waals surface area contributed by atoms with Crippen LogP contribution >= 0.6 is 21.9 Å². The predicted molar refractivity (Wildman–Crippen MR) is 46.9 cm³/mol. The number of rotatable bonds is 3. The lowest BCUT2D eigenvalue weighted by Gasteiger charge is -1.94. The summed E-state index contributed by atoms with van der Waals surface area (Å²) in [5.74, 6) is 0. The van der Waals surface area contributed by atoms with Gasteiger partial charge in [-0.25, -0.2) is 0 Å². The fraction of sp³-hybridized carbons (Fsp3) is 0.143. The molecule has 1 aromatic carbocycles. The predicted octanol–water partition coefficient (Wildman–Crippen LogP) is 2.99. The molecule has 1 aromatic rings. The standard InChI is InChI=1S/C7H8OS2/c1-8-10-9-7-5-3-2-4-6-7/h2-6H,1H3. The molecular formula is C7H8OS2. The lowest BCUT2D eigenvalue weighted by molar-refractivity contribution is 0.498. The molecule has 0 spiro atoms. The van der Waals surface area contributed by atoms with Gasteiger partial charge >= 0.3 is 0 Å². The average molecular weight is 172 g/mol. The van der Waals surface area contributed by atoms with Gasteiger partial charge in [0.25, 0.3) is 0 Å². The molecule has 0 aromatic heterocycles. The lowest BCUT2D eigenvalue weighted by Crippen LogP contribution is -1.64. The second-order valence-electron chi connectivity index (χ2n) is 1.63. The fourth-order valence-electron chi connectivity index (χ4n) is 0.549. The van der Waals surface area contributed by atoms with Crippen LogP contribution in [0.5, 0.6) is 0 Å². The Labute approximate surface area is 68.8 Å². The third-order valence-electron chi connectivity index (χ3n) is 0.941. The van der Waals surface area contributed by atoms with E-state index in [-0.39, 0.29) is 0 Å². The van der Waals surface area contributed by atoms with Crippen LogP contribution in [0.15, 0.2) is 35.2 Å². The smallest absolute Gasteiger partial charge is 0.0672 e. The molecule has 3 heteroatoms. The second kappa shape index (κ2) is 4.66. The van der Waals surface area contributed by atoms with Crippen molar-refractivity contribution in [1.29, 1.82) is 0 Å². The van der Waals surface area contributed by atoms with Crippen LogP contribution in [0, 0.1) is 0 Å². The van der Waals surface area contributed by atoms with Crippen LogP contribution in [0.2, 0.25) is 0 Å². The van der Waals surface area contributed by atoms with Gasteiger partial charge in [0.15, 0.2) is 0 Å². The van der Waals surface area contributed by atoms with E-state index in [1.165, 1.54) is 16.0 Å². The largest absolute Gasteiger partial charge is 0.308 e. The maximum absolute atomic E-state index is 4.83. The van der Waals surface area contributed by atoms with Gasteiger partial charge in [-0.05, 0) is 22.9 Å². The Kier molecular flexibility index (Phi) is 3.72. The first-order valence-electron chi connectivity index (χ1n) is 2.86. The summed E-state index contributed by atoms with van der Waals surface area (Å²) >= 11 is 1.38. The zero-order chi connectivity index (χ0) is 7.23. The van der Waals surface area contributed by atoms with E-state index in [2.05, 4.69) is 12.1 Å². The highest BCUT2D eigenvalue weighted by Gasteiger charge is 1.89. The molecule has 54 valence electrons. The van der Waals surface area contributed by atoms with E-state index in [4.69, 9.17) is 4.18 Å². The molecule has 0 radical (unpaired) electrons. The second-order valence-corrected chi connectivity index (χ2v) is 3.65. The minimum Gasteiger partial charge on any atom is -0.308 e. The molecule has 0 aliphatic carbocycles. The quantitative estimate of drug-likeness (QED) is 0.512. The Hall–Kier alpha value is -0.120. The molecule has 0 aliphatic heterocycles. The van der Waals surface area contributed by atoms with Crippen molar-refractivity contribution in [3.63, 3.8) is 0 Å². The molecule has 1 nitrogen and oxygen atoms in total. The van der Waals surface area contributed by atoms with E-state index in [1.807, 2.05) is 18.2 Å². The molecule has 0 atom stereocenters. The summed E-state index contributed by atoms with van der Waals surface area (Å²) in [5.41, 5.74) is 0. The van der Waals surface area contributed by atoms with Crippen LogP contribution in [0.4, 0.5) is 0 Å². The van der Waals surface area contributed by atoms with E-state index in [0.717, 1.165) is 0 Å². The van der Waals surface area contributed by atoms with Crippen molar-refractivity contribution >= 4 is 21.9 Å². The molecule has 0 saturated carbocycles. The first-order chi connectivity index (χ1) is 4.93. The number of hydrogen-bond donors (Lipinski definition) is 0. The van der Waals surface area contributed by atoms with E-state index in [0.29, 0.717) is 0 Å². The van der Waals surface area contributed by atoms with Crippen LogP contribution < -0.4 is 0 Å². The monoisotopic (exact) mass is 172 g/mol. The summed E-state index contributed by atoms with van der Waals surface area (Å²) in [4.78, 5) is 1.22. The summed E-state index contributed by atoms with van der Waals surface area (Å²) in [5, 5.41) is 0. The molecule has 0 amide bonds. The SMILES string of the molecule is COSSc1ccccc1. The molecule has 1 rings (SSSR count). The van der Waals surface area contributed by atoms with Crippen molar-refractivity contribution in [3.05, 3.63) is 30.3 Å². The Morgan fingerprint density at radius 1 is 1.20 bits per heavy atom. The van der Waals surface area contributed by atoms with E-state index in [9.17, 15) is 0 Å². The normalized spacial score (nSPS) is 9.70. The molecule has 0 aliphatic rings. The van der Waals surface area contributed by atoms with Crippen molar-refractivity contribution in [2.24, 2.45) is 0 Å². The average Bonchev–Trinajstić information content (AvgIpc) is 2.03. The highest BCUT2D eigenvalue weighted by atomic mass is 33.1. The van der Waals surface area contributed by atoms with Gasteiger partial charge < -0.3 is 4.18 Å². The molecule has 0 bridgehead atoms. The van der Waals surface area contributed by atoms with Crippen molar-refractivity contribution in [2.45, 2.75) is 4.90 Å². The zero-order valence-electron chi connectivity index (χ0n) is 5.61. The zero-order valence-corrected chi connectivity index (χ0v) is 7.24. The van der Waals surface area contributed by atoms with Gasteiger partial charge in [-0.1, -0.05) is 18.2 Å². The number of hydrogen-bond acceptors (Lipinski definition) is 3. The third-order valence-corrected chi connectivity index (χ3v) is 2.80. The molecule has 0 fully saturated rings. The van der Waals surface area contributed by atoms with Gasteiger partial charge in [0, 0.05) is 4.90 Å². The minimum absolute atomic E-state index is 1.22. The third kappa shape index (κ3) is 2.64. The van der Waals surface area contributed by atoms with Gasteiger partial charge in [0.1, 0.15) is 0 Å². The Balaban J connectivity index is 2.43. The van der Waals surface area contributed by atoms with Crippen LogP contribution in [0.25, 0.3) is 0 Å². The summed E-state index contributed by atoms with van der Waals surface area (Å²) in [7, 11) is 3.28. The van der Waals surface area contributed by atoms with Crippen molar-refractivity contribution in [3.8, 4) is 0 Å². The Morgan fingerprint density at radius 3 is 2.50 bits per heavy atom. The van der Waals surface area contributed by atoms with E-state index in [1.54, 1.807) is 17.9 Å². The molecule has 0 saturated heterocycles. The van der Waals surface area contributed by atoms with Crippen molar-refractivity contribution < 1.29 is 4.18 Å². The summed E-state index contributed by atoms with van der Waals surface area (Å²) in [6.07, 6.45) is 0. The van der Waals surface area contributed by atoms with Crippen LogP contribution in [0.3, 0.4) is 0 Å². The minimum atomic E-state index is 1.22. The molecule has 0 heterocycles. The fourth-order valence-corrected chi connectivity index (χ4v) is 1.74. The topological polar surface area (TPSA) is 9.23 Å². The summed E-state index contributed by atoms with van der Waals surface area (Å²) in [6, 6.07) is 10.1. The molecule has 10 heavy (non-hydrogen) atoms. The lowest BCUT2D eigenvalue weighted by atomic mass is 10.4. The highest BCUT2D eigenvalue weighted by molar-refractivity contribution is 8.74. The Morgan fingerprint density at radius 2 is 1.90 bits per heavy atom. The summed E-state index contributed by atoms with van der Waals surface area (Å²) < 4.78 is 4.83. The maximum atomic E-state index is 4.83. The van der Waals surface area contributed by atoms with Gasteiger partial charge in [-0.2, -0.15) is 0 Å². The maximum Gasteiger partial charge on any atom is 0.0672 e. The van der Waals surface area contributed by atoms with E-state index < -0.39 is 0 Å². The summed E-state index contributed by atoms with van der Waals surface area (Å²) in [6.45, 7) is 0. The first kappa shape index (κ1) is 7.98. The van der Waals surface area contributed by atoms with Gasteiger partial charge in [0.2, 0.25) is 0 Å². The van der Waals surface area contributed by atoms with Crippen molar-refractivity contribution in [1.82, 2.24) is 0 Å². The highest BCUT2D eigenvalue weighted by Crippen LogP contribution is 2.30. The van der Waals surface area contributed by atoms with E-state index >= 15 is 0 Å². The Bertz CT molecular complexity index is 176. The molecular weight excluding hydrogens is 164 g/mol. The first-order valence-corrected chi connectivity index (χ1v) is 4.93. The molecule has 0 N–H and O–H groups in total. The van der Waals surface area contributed by atoms with Gasteiger partial charge in [-0.3, -0.25) is 0 Å². The van der Waals surface area contributed by atoms with Crippen molar-refractivity contribution in [2.75, 3.05) is 7.11 Å². The number of benzene rings is 1.